The topological polar surface area (TPSA) is 46.2 Å². The second-order valence-corrected chi connectivity index (χ2v) is 7.53. The van der Waals surface area contributed by atoms with E-state index in [1.165, 1.54) is 0 Å². The monoisotopic (exact) mass is 331 g/mol. The lowest BCUT2D eigenvalue weighted by Gasteiger charge is -2.15. The molecule has 0 spiro atoms. The van der Waals surface area contributed by atoms with Gasteiger partial charge in [0.25, 0.3) is 0 Å². The van der Waals surface area contributed by atoms with Crippen molar-refractivity contribution in [3.63, 3.8) is 0 Å². The number of alkyl halides is 4. The molecule has 20 heavy (non-hydrogen) atoms. The van der Waals surface area contributed by atoms with Gasteiger partial charge in [0.05, 0.1) is 5.56 Å². The molecule has 0 aromatic heterocycles. The lowest BCUT2D eigenvalue weighted by atomic mass is 10.1. The van der Waals surface area contributed by atoms with Crippen LogP contribution in [0.1, 0.15) is 24.0 Å². The van der Waals surface area contributed by atoms with E-state index in [1.54, 1.807) is 0 Å². The molecule has 1 N–H and O–H groups in total. The molecule has 1 fully saturated rings. The molecule has 0 heterocycles. The molecule has 1 aliphatic rings. The smallest absolute Gasteiger partial charge is 0.211 e. The highest BCUT2D eigenvalue weighted by atomic mass is 35.5. The number of benzene rings is 1. The zero-order chi connectivity index (χ0) is 15.2. The molecule has 1 aliphatic carbocycles. The molecular formula is C11H10ClF4NO2S. The molecule has 1 aromatic rings. The van der Waals surface area contributed by atoms with Gasteiger partial charge in [0.2, 0.25) is 10.0 Å². The summed E-state index contributed by atoms with van der Waals surface area (Å²) in [6, 6.07) is 2.07. The Labute approximate surface area is 118 Å². The summed E-state index contributed by atoms with van der Waals surface area (Å²) in [5, 5.41) is 0. The zero-order valence-electron chi connectivity index (χ0n) is 9.97. The fraction of sp³-hybridized carbons (Fsp3) is 0.455. The van der Waals surface area contributed by atoms with Gasteiger partial charge in [-0.1, -0.05) is 6.07 Å². The SMILES string of the molecule is O=S(=O)(NCc1ccc(F)cc1C(F)(F)F)C1(Cl)CC1. The maximum Gasteiger partial charge on any atom is 0.416 e. The molecule has 0 atom stereocenters. The minimum Gasteiger partial charge on any atom is -0.211 e. The second-order valence-electron chi connectivity index (χ2n) is 4.51. The molecule has 1 saturated carbocycles. The van der Waals surface area contributed by atoms with E-state index in [0.29, 0.717) is 6.07 Å². The van der Waals surface area contributed by atoms with E-state index in [0.717, 1.165) is 12.1 Å². The van der Waals surface area contributed by atoms with Gasteiger partial charge in [-0.2, -0.15) is 13.2 Å². The first-order chi connectivity index (χ1) is 9.05. The molecule has 0 aliphatic heterocycles. The van der Waals surface area contributed by atoms with Gasteiger partial charge in [-0.15, -0.1) is 11.6 Å². The van der Waals surface area contributed by atoms with E-state index >= 15 is 0 Å². The fourth-order valence-electron chi connectivity index (χ4n) is 1.64. The van der Waals surface area contributed by atoms with Crippen molar-refractivity contribution >= 4 is 21.6 Å². The van der Waals surface area contributed by atoms with Gasteiger partial charge in [-0.05, 0) is 30.5 Å². The molecule has 1 aromatic carbocycles. The molecule has 0 unspecified atom stereocenters. The quantitative estimate of drug-likeness (QED) is 0.681. The molecular weight excluding hydrogens is 322 g/mol. The Bertz CT molecular complexity index is 626. The van der Waals surface area contributed by atoms with Gasteiger partial charge in [0.1, 0.15) is 5.82 Å². The van der Waals surface area contributed by atoms with E-state index in [-0.39, 0.29) is 18.4 Å². The third-order valence-corrected chi connectivity index (χ3v) is 5.84. The normalized spacial score (nSPS) is 18.1. The maximum absolute atomic E-state index is 12.9. The molecule has 0 bridgehead atoms. The van der Waals surface area contributed by atoms with Crippen LogP contribution in [0.2, 0.25) is 0 Å². The Morgan fingerprint density at radius 3 is 2.40 bits per heavy atom. The van der Waals surface area contributed by atoms with Crippen LogP contribution in [-0.2, 0) is 22.7 Å². The van der Waals surface area contributed by atoms with Crippen molar-refractivity contribution < 1.29 is 26.0 Å². The average molecular weight is 332 g/mol. The van der Waals surface area contributed by atoms with Crippen LogP contribution in [0.4, 0.5) is 17.6 Å². The molecule has 0 amide bonds. The molecule has 112 valence electrons. The van der Waals surface area contributed by atoms with Crippen molar-refractivity contribution in [1.29, 1.82) is 0 Å². The fourth-order valence-corrected chi connectivity index (χ4v) is 3.14. The summed E-state index contributed by atoms with van der Waals surface area (Å²) in [6.45, 7) is -0.591. The highest BCUT2D eigenvalue weighted by Gasteiger charge is 2.53. The zero-order valence-corrected chi connectivity index (χ0v) is 11.5. The molecule has 0 saturated heterocycles. The highest BCUT2D eigenvalue weighted by Crippen LogP contribution is 2.47. The van der Waals surface area contributed by atoms with Gasteiger partial charge in [-0.25, -0.2) is 17.5 Å². The van der Waals surface area contributed by atoms with Crippen molar-refractivity contribution in [3.05, 3.63) is 35.1 Å². The van der Waals surface area contributed by atoms with E-state index in [2.05, 4.69) is 0 Å². The van der Waals surface area contributed by atoms with E-state index in [1.807, 2.05) is 4.72 Å². The first kappa shape index (κ1) is 15.5. The lowest BCUT2D eigenvalue weighted by Crippen LogP contribution is -2.32. The Morgan fingerprint density at radius 2 is 1.90 bits per heavy atom. The summed E-state index contributed by atoms with van der Waals surface area (Å²) in [7, 11) is -3.90. The molecule has 9 heteroatoms. The average Bonchev–Trinajstić information content (AvgIpc) is 3.06. The Hall–Kier alpha value is -0.860. The third kappa shape index (κ3) is 3.07. The third-order valence-electron chi connectivity index (χ3n) is 2.95. The summed E-state index contributed by atoms with van der Waals surface area (Å²) in [5.74, 6) is -1.04. The number of halogens is 5. The summed E-state index contributed by atoms with van der Waals surface area (Å²) < 4.78 is 75.1. The number of hydrogen-bond donors (Lipinski definition) is 1. The van der Waals surface area contributed by atoms with E-state index < -0.39 is 38.3 Å². The second kappa shape index (κ2) is 4.85. The van der Waals surface area contributed by atoms with Gasteiger partial charge in [-0.3, -0.25) is 0 Å². The minimum absolute atomic E-state index is 0.249. The van der Waals surface area contributed by atoms with E-state index in [4.69, 9.17) is 11.6 Å². The molecule has 2 rings (SSSR count). The Balaban J connectivity index is 2.22. The minimum atomic E-state index is -4.76. The largest absolute Gasteiger partial charge is 0.416 e. The van der Waals surface area contributed by atoms with Crippen LogP contribution in [0.3, 0.4) is 0 Å². The molecule has 3 nitrogen and oxygen atoms in total. The van der Waals surface area contributed by atoms with Crippen LogP contribution in [0.25, 0.3) is 0 Å². The van der Waals surface area contributed by atoms with Gasteiger partial charge in [0.15, 0.2) is 4.21 Å². The van der Waals surface area contributed by atoms with Crippen LogP contribution in [-0.4, -0.2) is 12.6 Å². The summed E-state index contributed by atoms with van der Waals surface area (Å²) in [4.78, 5) is 0. The van der Waals surface area contributed by atoms with Gasteiger partial charge < -0.3 is 0 Å². The summed E-state index contributed by atoms with van der Waals surface area (Å²) in [5.41, 5.74) is -1.57. The lowest BCUT2D eigenvalue weighted by molar-refractivity contribution is -0.138. The van der Waals surface area contributed by atoms with Crippen LogP contribution in [0, 0.1) is 5.82 Å². The van der Waals surface area contributed by atoms with Crippen molar-refractivity contribution in [2.75, 3.05) is 0 Å². The number of hydrogen-bond acceptors (Lipinski definition) is 2. The van der Waals surface area contributed by atoms with Crippen LogP contribution >= 0.6 is 11.6 Å². The number of rotatable bonds is 4. The predicted octanol–water partition coefficient (Wildman–Crippen LogP) is 2.99. The van der Waals surface area contributed by atoms with Gasteiger partial charge in [0, 0.05) is 6.54 Å². The standard InChI is InChI=1S/C11H10ClF4NO2S/c12-10(3-4-10)20(18,19)17-6-7-1-2-8(13)5-9(7)11(14,15)16/h1-2,5,17H,3-4,6H2. The van der Waals surface area contributed by atoms with Crippen LogP contribution < -0.4 is 4.72 Å². The maximum atomic E-state index is 12.9. The van der Waals surface area contributed by atoms with Crippen molar-refractivity contribution in [2.45, 2.75) is 29.8 Å². The van der Waals surface area contributed by atoms with Gasteiger partial charge >= 0.3 is 6.18 Å². The van der Waals surface area contributed by atoms with Crippen molar-refractivity contribution in [3.8, 4) is 0 Å². The molecule has 0 radical (unpaired) electrons. The first-order valence-electron chi connectivity index (χ1n) is 5.59. The Kier molecular flexibility index (Phi) is 3.77. The van der Waals surface area contributed by atoms with E-state index in [9.17, 15) is 26.0 Å². The summed E-state index contributed by atoms with van der Waals surface area (Å²) in [6.07, 6.45) is -4.26. The number of nitrogens with one attached hydrogen (secondary N) is 1. The van der Waals surface area contributed by atoms with Crippen LogP contribution in [0.5, 0.6) is 0 Å². The Morgan fingerprint density at radius 1 is 1.30 bits per heavy atom. The predicted molar refractivity (Wildman–Crippen MR) is 65.0 cm³/mol. The van der Waals surface area contributed by atoms with Crippen LogP contribution in [0.15, 0.2) is 18.2 Å². The summed E-state index contributed by atoms with van der Waals surface area (Å²) >= 11 is 5.72. The number of sulfonamides is 1. The van der Waals surface area contributed by atoms with Crippen molar-refractivity contribution in [1.82, 2.24) is 4.72 Å². The van der Waals surface area contributed by atoms with Crippen molar-refractivity contribution in [2.24, 2.45) is 0 Å². The first-order valence-corrected chi connectivity index (χ1v) is 7.45. The highest BCUT2D eigenvalue weighted by molar-refractivity contribution is 7.92.